The Morgan fingerprint density at radius 2 is 2.00 bits per heavy atom. The maximum atomic E-state index is 8.24. The van der Waals surface area contributed by atoms with Gasteiger partial charge in [0.2, 0.25) is 0 Å². The van der Waals surface area contributed by atoms with Crippen molar-refractivity contribution in [1.29, 1.82) is 0 Å². The van der Waals surface area contributed by atoms with E-state index in [4.69, 9.17) is 5.11 Å². The number of rotatable bonds is 2. The van der Waals surface area contributed by atoms with Crippen LogP contribution in [0, 0.1) is 5.92 Å². The Bertz CT molecular complexity index is 33.6. The molecule has 0 saturated carbocycles. The molecule has 1 N–H and O–H groups in total. The van der Waals surface area contributed by atoms with Crippen LogP contribution in [0.1, 0.15) is 21.7 Å². The van der Waals surface area contributed by atoms with E-state index >= 15 is 0 Å². The molecule has 0 aromatic rings. The Labute approximate surface area is 68.9 Å². The predicted molar refractivity (Wildman–Crippen MR) is 27.7 cm³/mol. The van der Waals surface area contributed by atoms with Crippen molar-refractivity contribution in [3.63, 3.8) is 0 Å². The number of hydrogen-bond donors (Lipinski definition) is 1. The second kappa shape index (κ2) is 6.96. The fraction of sp³-hybridized carbons (Fsp3) is 1.00. The third kappa shape index (κ3) is 10.9. The van der Waals surface area contributed by atoms with Crippen molar-refractivity contribution in [1.82, 2.24) is 0 Å². The van der Waals surface area contributed by atoms with Gasteiger partial charge in [-0.25, -0.2) is 0 Å². The fourth-order valence-corrected chi connectivity index (χ4v) is 0.258. The van der Waals surface area contributed by atoms with E-state index in [1.165, 1.54) is 0 Å². The third-order valence-corrected chi connectivity index (χ3v) is 0.706. The minimum absolute atomic E-state index is 0. The van der Waals surface area contributed by atoms with Crippen molar-refractivity contribution in [2.45, 2.75) is 20.3 Å². The molecule has 0 aliphatic carbocycles. The summed E-state index contributed by atoms with van der Waals surface area (Å²) < 4.78 is 0. The quantitative estimate of drug-likeness (QED) is 0.415. The normalized spacial score (nSPS) is 8.57. The largest absolute Gasteiger partial charge is 1.00 e. The first-order valence-corrected chi connectivity index (χ1v) is 2.38. The Balaban J connectivity index is -0.000000125. The predicted octanol–water partition coefficient (Wildman–Crippen LogP) is -1.86. The first-order chi connectivity index (χ1) is 2.77. The minimum atomic E-state index is 0. The molecule has 0 rings (SSSR count). The summed E-state index contributed by atoms with van der Waals surface area (Å²) in [7, 11) is 0. The summed E-state index contributed by atoms with van der Waals surface area (Å²) in [5.74, 6) is 0.648. The monoisotopic (exact) mass is 112 g/mol. The summed E-state index contributed by atoms with van der Waals surface area (Å²) in [6.45, 7) is 4.52. The number of hydrogen-bond acceptors (Lipinski definition) is 1. The van der Waals surface area contributed by atoms with Crippen molar-refractivity contribution >= 4 is 0 Å². The molecule has 0 fully saturated rings. The molecule has 2 heteroatoms. The second-order valence-electron chi connectivity index (χ2n) is 1.91. The molecule has 0 amide bonds. The Kier molecular flexibility index (Phi) is 10.8. The van der Waals surface area contributed by atoms with Gasteiger partial charge in [-0.15, -0.1) is 0 Å². The first kappa shape index (κ1) is 10.9. The maximum Gasteiger partial charge on any atom is 1.00 e. The molecule has 0 atom stereocenters. The van der Waals surface area contributed by atoms with Gasteiger partial charge in [-0.2, -0.15) is 0 Å². The van der Waals surface area contributed by atoms with Crippen molar-refractivity contribution in [2.75, 3.05) is 6.61 Å². The van der Waals surface area contributed by atoms with Crippen LogP contribution >= 0.6 is 0 Å². The molecule has 40 valence electrons. The van der Waals surface area contributed by atoms with Crippen LogP contribution in [0.2, 0.25) is 0 Å². The zero-order chi connectivity index (χ0) is 4.99. The molecular weight excluding hydrogens is 99.0 g/mol. The van der Waals surface area contributed by atoms with Crippen LogP contribution in [0.15, 0.2) is 0 Å². The van der Waals surface area contributed by atoms with Crippen LogP contribution < -0.4 is 29.6 Å². The smallest absolute Gasteiger partial charge is 1.00 e. The van der Waals surface area contributed by atoms with Gasteiger partial charge in [0.05, 0.1) is 0 Å². The van der Waals surface area contributed by atoms with Crippen LogP contribution in [-0.4, -0.2) is 11.7 Å². The van der Waals surface area contributed by atoms with Gasteiger partial charge in [-0.05, 0) is 12.3 Å². The fourth-order valence-electron chi connectivity index (χ4n) is 0.258. The second-order valence-corrected chi connectivity index (χ2v) is 1.91. The molecule has 0 spiro atoms. The molecule has 1 nitrogen and oxygen atoms in total. The molecule has 0 bridgehead atoms. The van der Waals surface area contributed by atoms with E-state index in [1.54, 1.807) is 0 Å². The van der Waals surface area contributed by atoms with Gasteiger partial charge < -0.3 is 6.53 Å². The molecule has 0 aliphatic heterocycles. The van der Waals surface area contributed by atoms with Crippen molar-refractivity contribution in [3.8, 4) is 0 Å². The van der Waals surface area contributed by atoms with E-state index in [-0.39, 0.29) is 31.0 Å². The SMILES string of the molecule is CC(C)CCO.[H-].[Na+]. The zero-order valence-electron chi connectivity index (χ0n) is 6.44. The van der Waals surface area contributed by atoms with Crippen molar-refractivity contribution in [3.05, 3.63) is 0 Å². The molecular formula is C5H13NaO. The molecule has 0 unspecified atom stereocenters. The van der Waals surface area contributed by atoms with Crippen molar-refractivity contribution in [2.24, 2.45) is 5.92 Å². The van der Waals surface area contributed by atoms with E-state index < -0.39 is 0 Å². The topological polar surface area (TPSA) is 20.2 Å². The Morgan fingerprint density at radius 3 is 2.00 bits per heavy atom. The summed E-state index contributed by atoms with van der Waals surface area (Å²) >= 11 is 0. The van der Waals surface area contributed by atoms with Crippen LogP contribution in [0.25, 0.3) is 0 Å². The Hall–Kier alpha value is 0.960. The van der Waals surface area contributed by atoms with Gasteiger partial charge in [-0.1, -0.05) is 13.8 Å². The molecule has 7 heavy (non-hydrogen) atoms. The molecule has 0 aliphatic rings. The minimum Gasteiger partial charge on any atom is -1.00 e. The van der Waals surface area contributed by atoms with Gasteiger partial charge in [0.1, 0.15) is 0 Å². The standard InChI is InChI=1S/C5H12O.Na.H/c1-5(2)3-4-6;;/h5-6H,3-4H2,1-2H3;;/q;+1;-1. The molecule has 0 aromatic heterocycles. The van der Waals surface area contributed by atoms with E-state index in [2.05, 4.69) is 13.8 Å². The average molecular weight is 112 g/mol. The van der Waals surface area contributed by atoms with Gasteiger partial charge in [0, 0.05) is 6.61 Å². The van der Waals surface area contributed by atoms with E-state index in [0.29, 0.717) is 12.5 Å². The summed E-state index contributed by atoms with van der Waals surface area (Å²) in [5, 5.41) is 8.24. The zero-order valence-corrected chi connectivity index (χ0v) is 7.44. The third-order valence-electron chi connectivity index (χ3n) is 0.706. The average Bonchev–Trinajstić information content (AvgIpc) is 1.35. The molecule has 0 heterocycles. The van der Waals surface area contributed by atoms with Gasteiger partial charge in [0.25, 0.3) is 0 Å². The summed E-state index contributed by atoms with van der Waals surface area (Å²) in [6, 6.07) is 0. The summed E-state index contributed by atoms with van der Waals surface area (Å²) in [6.07, 6.45) is 0.931. The first-order valence-electron chi connectivity index (χ1n) is 2.38. The van der Waals surface area contributed by atoms with E-state index in [9.17, 15) is 0 Å². The van der Waals surface area contributed by atoms with Crippen LogP contribution in [0.3, 0.4) is 0 Å². The van der Waals surface area contributed by atoms with Gasteiger partial charge in [0.15, 0.2) is 0 Å². The summed E-state index contributed by atoms with van der Waals surface area (Å²) in [5.41, 5.74) is 0. The molecule has 0 saturated heterocycles. The van der Waals surface area contributed by atoms with Crippen molar-refractivity contribution < 1.29 is 36.1 Å². The van der Waals surface area contributed by atoms with Crippen LogP contribution in [0.5, 0.6) is 0 Å². The molecule has 0 radical (unpaired) electrons. The van der Waals surface area contributed by atoms with Crippen LogP contribution in [0.4, 0.5) is 0 Å². The maximum absolute atomic E-state index is 8.24. The number of aliphatic hydroxyl groups excluding tert-OH is 1. The van der Waals surface area contributed by atoms with E-state index in [1.807, 2.05) is 0 Å². The summed E-state index contributed by atoms with van der Waals surface area (Å²) in [4.78, 5) is 0. The Morgan fingerprint density at radius 1 is 1.57 bits per heavy atom. The number of aliphatic hydroxyl groups is 1. The van der Waals surface area contributed by atoms with Gasteiger partial charge >= 0.3 is 29.6 Å². The van der Waals surface area contributed by atoms with E-state index in [0.717, 1.165) is 6.42 Å². The molecule has 0 aromatic carbocycles. The van der Waals surface area contributed by atoms with Gasteiger partial charge in [-0.3, -0.25) is 0 Å². The van der Waals surface area contributed by atoms with Crippen LogP contribution in [-0.2, 0) is 0 Å².